The number of carbonyl (C=O) groups is 1. The van der Waals surface area contributed by atoms with Gasteiger partial charge >= 0.3 is 0 Å². The Morgan fingerprint density at radius 1 is 1.40 bits per heavy atom. The van der Waals surface area contributed by atoms with Gasteiger partial charge in [-0.15, -0.1) is 0 Å². The number of benzene rings is 1. The van der Waals surface area contributed by atoms with Crippen LogP contribution in [0.3, 0.4) is 0 Å². The number of amides is 1. The first kappa shape index (κ1) is 15.6. The lowest BCUT2D eigenvalue weighted by atomic mass is 9.63. The first-order valence-electron chi connectivity index (χ1n) is 6.87. The van der Waals surface area contributed by atoms with Crippen LogP contribution in [0.1, 0.15) is 38.2 Å². The average Bonchev–Trinajstić information content (AvgIpc) is 2.32. The van der Waals surface area contributed by atoms with Crippen LogP contribution in [0.25, 0.3) is 0 Å². The summed E-state index contributed by atoms with van der Waals surface area (Å²) in [6.07, 6.45) is 3.23. The Balaban J connectivity index is 2.20. The van der Waals surface area contributed by atoms with Crippen LogP contribution in [0.15, 0.2) is 18.2 Å². The SMILES string of the molecule is C[C@H](CCO)NC(=O)C1(c2ccc(Cl)c(Cl)c2)CCC1. The molecule has 0 aromatic heterocycles. The largest absolute Gasteiger partial charge is 0.396 e. The summed E-state index contributed by atoms with van der Waals surface area (Å²) in [7, 11) is 0. The fourth-order valence-corrected chi connectivity index (χ4v) is 2.90. The van der Waals surface area contributed by atoms with Crippen LogP contribution in [0.4, 0.5) is 0 Å². The normalized spacial score (nSPS) is 18.2. The van der Waals surface area contributed by atoms with E-state index in [1.807, 2.05) is 13.0 Å². The zero-order chi connectivity index (χ0) is 14.8. The second-order valence-electron chi connectivity index (χ2n) is 5.45. The van der Waals surface area contributed by atoms with Gasteiger partial charge in [0.15, 0.2) is 0 Å². The second kappa shape index (κ2) is 6.33. The van der Waals surface area contributed by atoms with Crippen LogP contribution in [-0.4, -0.2) is 23.7 Å². The molecule has 1 atom stereocenters. The summed E-state index contributed by atoms with van der Waals surface area (Å²) in [6.45, 7) is 1.97. The zero-order valence-corrected chi connectivity index (χ0v) is 13.0. The molecule has 0 heterocycles. The minimum Gasteiger partial charge on any atom is -0.396 e. The maximum atomic E-state index is 12.6. The molecule has 1 amide bonds. The van der Waals surface area contributed by atoms with Crippen molar-refractivity contribution in [1.29, 1.82) is 0 Å². The number of hydrogen-bond donors (Lipinski definition) is 2. The van der Waals surface area contributed by atoms with Crippen LogP contribution in [0, 0.1) is 0 Å². The van der Waals surface area contributed by atoms with Gasteiger partial charge in [0.1, 0.15) is 0 Å². The third-order valence-corrected chi connectivity index (χ3v) is 4.79. The number of halogens is 2. The molecular formula is C15H19Cl2NO2. The molecule has 2 N–H and O–H groups in total. The number of nitrogens with one attached hydrogen (secondary N) is 1. The van der Waals surface area contributed by atoms with Gasteiger partial charge in [-0.2, -0.15) is 0 Å². The highest BCUT2D eigenvalue weighted by Crippen LogP contribution is 2.45. The third-order valence-electron chi connectivity index (χ3n) is 4.05. The first-order chi connectivity index (χ1) is 9.49. The van der Waals surface area contributed by atoms with E-state index < -0.39 is 5.41 Å². The van der Waals surface area contributed by atoms with Crippen molar-refractivity contribution >= 4 is 29.1 Å². The Bertz CT molecular complexity index is 501. The van der Waals surface area contributed by atoms with Crippen LogP contribution < -0.4 is 5.32 Å². The van der Waals surface area contributed by atoms with Gasteiger partial charge in [-0.1, -0.05) is 35.7 Å². The van der Waals surface area contributed by atoms with E-state index in [9.17, 15) is 4.79 Å². The molecule has 5 heteroatoms. The molecule has 3 nitrogen and oxygen atoms in total. The number of aliphatic hydroxyl groups is 1. The molecule has 1 aliphatic rings. The smallest absolute Gasteiger partial charge is 0.230 e. The van der Waals surface area contributed by atoms with Crippen LogP contribution in [0.2, 0.25) is 10.0 Å². The van der Waals surface area contributed by atoms with Gasteiger partial charge in [-0.3, -0.25) is 4.79 Å². The van der Waals surface area contributed by atoms with E-state index in [0.717, 1.165) is 24.8 Å². The lowest BCUT2D eigenvalue weighted by Crippen LogP contribution is -2.51. The third kappa shape index (κ3) is 2.95. The minimum absolute atomic E-state index is 0.0167. The van der Waals surface area contributed by atoms with Crippen molar-refractivity contribution in [3.8, 4) is 0 Å². The van der Waals surface area contributed by atoms with Crippen molar-refractivity contribution in [3.63, 3.8) is 0 Å². The summed E-state index contributed by atoms with van der Waals surface area (Å²) in [5, 5.41) is 12.9. The van der Waals surface area contributed by atoms with Crippen molar-refractivity contribution in [2.45, 2.75) is 44.1 Å². The van der Waals surface area contributed by atoms with Crippen molar-refractivity contribution in [1.82, 2.24) is 5.32 Å². The monoisotopic (exact) mass is 315 g/mol. The average molecular weight is 316 g/mol. The summed E-state index contributed by atoms with van der Waals surface area (Å²) < 4.78 is 0. The van der Waals surface area contributed by atoms with Crippen molar-refractivity contribution in [3.05, 3.63) is 33.8 Å². The molecule has 1 fully saturated rings. The lowest BCUT2D eigenvalue weighted by molar-refractivity contribution is -0.130. The fraction of sp³-hybridized carbons (Fsp3) is 0.533. The molecule has 0 aliphatic heterocycles. The molecule has 0 radical (unpaired) electrons. The molecule has 0 saturated heterocycles. The van der Waals surface area contributed by atoms with Gasteiger partial charge in [0.05, 0.1) is 15.5 Å². The van der Waals surface area contributed by atoms with Crippen molar-refractivity contribution in [2.24, 2.45) is 0 Å². The second-order valence-corrected chi connectivity index (χ2v) is 6.27. The van der Waals surface area contributed by atoms with Gasteiger partial charge in [0.25, 0.3) is 0 Å². The van der Waals surface area contributed by atoms with Crippen molar-refractivity contribution < 1.29 is 9.90 Å². The molecule has 1 aromatic carbocycles. The van der Waals surface area contributed by atoms with E-state index in [1.165, 1.54) is 0 Å². The molecule has 20 heavy (non-hydrogen) atoms. The zero-order valence-electron chi connectivity index (χ0n) is 11.5. The van der Waals surface area contributed by atoms with E-state index in [2.05, 4.69) is 5.32 Å². The minimum atomic E-state index is -0.488. The summed E-state index contributed by atoms with van der Waals surface area (Å²) in [4.78, 5) is 12.6. The first-order valence-corrected chi connectivity index (χ1v) is 7.62. The van der Waals surface area contributed by atoms with Crippen LogP contribution in [0.5, 0.6) is 0 Å². The van der Waals surface area contributed by atoms with Crippen LogP contribution >= 0.6 is 23.2 Å². The van der Waals surface area contributed by atoms with E-state index in [1.54, 1.807) is 12.1 Å². The van der Waals surface area contributed by atoms with E-state index in [-0.39, 0.29) is 18.6 Å². The number of aliphatic hydroxyl groups excluding tert-OH is 1. The van der Waals surface area contributed by atoms with E-state index in [0.29, 0.717) is 16.5 Å². The highest BCUT2D eigenvalue weighted by molar-refractivity contribution is 6.42. The molecule has 110 valence electrons. The predicted molar refractivity (Wildman–Crippen MR) is 81.3 cm³/mol. The highest BCUT2D eigenvalue weighted by Gasteiger charge is 2.46. The van der Waals surface area contributed by atoms with E-state index in [4.69, 9.17) is 28.3 Å². The Kier molecular flexibility index (Phi) is 4.95. The molecule has 1 aliphatic carbocycles. The summed E-state index contributed by atoms with van der Waals surface area (Å²) in [5.74, 6) is 0.0167. The van der Waals surface area contributed by atoms with Gasteiger partial charge in [-0.25, -0.2) is 0 Å². The van der Waals surface area contributed by atoms with Gasteiger partial charge < -0.3 is 10.4 Å². The van der Waals surface area contributed by atoms with Crippen LogP contribution in [-0.2, 0) is 10.2 Å². The molecule has 1 aromatic rings. The summed E-state index contributed by atoms with van der Waals surface area (Å²) in [5.41, 5.74) is 0.435. The Morgan fingerprint density at radius 3 is 2.60 bits per heavy atom. The van der Waals surface area contributed by atoms with Gasteiger partial charge in [-0.05, 0) is 43.9 Å². The number of rotatable bonds is 5. The maximum absolute atomic E-state index is 12.6. The highest BCUT2D eigenvalue weighted by atomic mass is 35.5. The van der Waals surface area contributed by atoms with Crippen molar-refractivity contribution in [2.75, 3.05) is 6.61 Å². The Hall–Kier alpha value is -0.770. The Labute approximate surface area is 129 Å². The van der Waals surface area contributed by atoms with Gasteiger partial charge in [0, 0.05) is 12.6 Å². The molecule has 0 unspecified atom stereocenters. The predicted octanol–water partition coefficient (Wildman–Crippen LogP) is 3.30. The summed E-state index contributed by atoms with van der Waals surface area (Å²) in [6, 6.07) is 5.37. The fourth-order valence-electron chi connectivity index (χ4n) is 2.60. The molecule has 0 bridgehead atoms. The lowest BCUT2D eigenvalue weighted by Gasteiger charge is -2.41. The van der Waals surface area contributed by atoms with Gasteiger partial charge in [0.2, 0.25) is 5.91 Å². The Morgan fingerprint density at radius 2 is 2.10 bits per heavy atom. The number of hydrogen-bond acceptors (Lipinski definition) is 2. The summed E-state index contributed by atoms with van der Waals surface area (Å²) >= 11 is 12.0. The number of carbonyl (C=O) groups excluding carboxylic acids is 1. The molecule has 2 rings (SSSR count). The maximum Gasteiger partial charge on any atom is 0.230 e. The standard InChI is InChI=1S/C15H19Cl2NO2/c1-10(5-8-19)18-14(20)15(6-2-7-15)11-3-4-12(16)13(17)9-11/h3-4,9-10,19H,2,5-8H2,1H3,(H,18,20)/t10-/m1/s1. The quantitative estimate of drug-likeness (QED) is 0.875. The topological polar surface area (TPSA) is 49.3 Å². The molecule has 0 spiro atoms. The molecular weight excluding hydrogens is 297 g/mol. The molecule has 1 saturated carbocycles. The van der Waals surface area contributed by atoms with E-state index >= 15 is 0 Å².